The first-order valence-electron chi connectivity index (χ1n) is 9.59. The number of carbonyl (C=O) groups is 1. The van der Waals surface area contributed by atoms with E-state index in [1.165, 1.54) is 16.9 Å². The van der Waals surface area contributed by atoms with E-state index in [2.05, 4.69) is 24.1 Å². The predicted molar refractivity (Wildman–Crippen MR) is 104 cm³/mol. The van der Waals surface area contributed by atoms with Crippen LogP contribution in [-0.4, -0.2) is 45.5 Å². The van der Waals surface area contributed by atoms with Gasteiger partial charge >= 0.3 is 0 Å². The van der Waals surface area contributed by atoms with Gasteiger partial charge in [0, 0.05) is 43.0 Å². The summed E-state index contributed by atoms with van der Waals surface area (Å²) in [4.78, 5) is 34.2. The van der Waals surface area contributed by atoms with E-state index in [0.717, 1.165) is 42.6 Å². The van der Waals surface area contributed by atoms with Crippen LogP contribution in [0.1, 0.15) is 43.6 Å². The second-order valence-corrected chi connectivity index (χ2v) is 8.54. The van der Waals surface area contributed by atoms with Gasteiger partial charge in [0.2, 0.25) is 5.91 Å². The number of nitrogens with zero attached hydrogens (tertiary/aromatic N) is 3. The van der Waals surface area contributed by atoms with Crippen molar-refractivity contribution in [1.29, 1.82) is 0 Å². The quantitative estimate of drug-likeness (QED) is 0.892. The number of aryl methyl sites for hydroxylation is 3. The van der Waals surface area contributed by atoms with Gasteiger partial charge in [-0.15, -0.1) is 11.3 Å². The third-order valence-corrected chi connectivity index (χ3v) is 7.06. The molecule has 0 spiro atoms. The molecular weight excluding hydrogens is 348 g/mol. The van der Waals surface area contributed by atoms with E-state index >= 15 is 0 Å². The van der Waals surface area contributed by atoms with Crippen molar-refractivity contribution in [2.75, 3.05) is 13.1 Å². The third-order valence-electron chi connectivity index (χ3n) is 5.86. The Labute approximate surface area is 157 Å². The Bertz CT molecular complexity index is 888. The Morgan fingerprint density at radius 3 is 3.00 bits per heavy atom. The zero-order valence-corrected chi connectivity index (χ0v) is 16.3. The number of fused-ring (bicyclic) bond motifs is 3. The van der Waals surface area contributed by atoms with Crippen molar-refractivity contribution in [3.05, 3.63) is 27.1 Å². The van der Waals surface area contributed by atoms with Crippen LogP contribution in [-0.2, 0) is 24.2 Å². The van der Waals surface area contributed by atoms with E-state index in [4.69, 9.17) is 0 Å². The lowest BCUT2D eigenvalue weighted by atomic mass is 9.97. The van der Waals surface area contributed by atoms with Crippen LogP contribution in [0.15, 0.2) is 11.1 Å². The molecule has 3 heterocycles. The highest BCUT2D eigenvalue weighted by molar-refractivity contribution is 7.18. The fourth-order valence-corrected chi connectivity index (χ4v) is 5.33. The molecule has 6 nitrogen and oxygen atoms in total. The minimum atomic E-state index is 0.0175. The van der Waals surface area contributed by atoms with Crippen LogP contribution < -0.4 is 10.9 Å². The molecule has 1 saturated heterocycles. The van der Waals surface area contributed by atoms with Crippen LogP contribution in [0.2, 0.25) is 0 Å². The summed E-state index contributed by atoms with van der Waals surface area (Å²) in [5, 5.41) is 4.18. The van der Waals surface area contributed by atoms with Crippen LogP contribution in [0, 0.1) is 0 Å². The van der Waals surface area contributed by atoms with Crippen molar-refractivity contribution in [2.45, 2.75) is 64.6 Å². The van der Waals surface area contributed by atoms with Gasteiger partial charge in [-0.2, -0.15) is 0 Å². The molecule has 2 aliphatic rings. The van der Waals surface area contributed by atoms with Crippen molar-refractivity contribution < 1.29 is 4.79 Å². The number of piperazine rings is 1. The van der Waals surface area contributed by atoms with Crippen LogP contribution in [0.5, 0.6) is 0 Å². The maximum Gasteiger partial charge on any atom is 0.262 e. The molecule has 26 heavy (non-hydrogen) atoms. The second kappa shape index (κ2) is 7.12. The maximum absolute atomic E-state index is 13.0. The first-order valence-corrected chi connectivity index (χ1v) is 10.4. The first-order chi connectivity index (χ1) is 12.6. The number of aromatic nitrogens is 2. The molecule has 1 N–H and O–H groups in total. The lowest BCUT2D eigenvalue weighted by Gasteiger charge is -2.38. The van der Waals surface area contributed by atoms with Crippen molar-refractivity contribution >= 4 is 27.5 Å². The van der Waals surface area contributed by atoms with Crippen LogP contribution in [0.4, 0.5) is 0 Å². The Kier molecular flexibility index (Phi) is 4.84. The zero-order valence-electron chi connectivity index (χ0n) is 15.5. The maximum atomic E-state index is 13.0. The first kappa shape index (κ1) is 17.7. The molecule has 140 valence electrons. The second-order valence-electron chi connectivity index (χ2n) is 7.45. The number of rotatable bonds is 3. The summed E-state index contributed by atoms with van der Waals surface area (Å²) in [5.74, 6) is 0.116. The van der Waals surface area contributed by atoms with Crippen molar-refractivity contribution in [3.63, 3.8) is 0 Å². The number of carbonyl (C=O) groups excluding carboxylic acids is 1. The molecule has 2 atom stereocenters. The minimum Gasteiger partial charge on any atom is -0.337 e. The Morgan fingerprint density at radius 1 is 1.35 bits per heavy atom. The molecule has 1 amide bonds. The summed E-state index contributed by atoms with van der Waals surface area (Å²) in [6.45, 7) is 6.13. The summed E-state index contributed by atoms with van der Waals surface area (Å²) in [6, 6.07) is 0.475. The molecule has 1 fully saturated rings. The largest absolute Gasteiger partial charge is 0.337 e. The van der Waals surface area contributed by atoms with Crippen molar-refractivity contribution in [3.8, 4) is 0 Å². The molecular formula is C19H26N4O2S. The highest BCUT2D eigenvalue weighted by Crippen LogP contribution is 2.33. The predicted octanol–water partition coefficient (Wildman–Crippen LogP) is 1.94. The van der Waals surface area contributed by atoms with Crippen LogP contribution in [0.25, 0.3) is 10.2 Å². The van der Waals surface area contributed by atoms with Gasteiger partial charge in [-0.3, -0.25) is 14.2 Å². The van der Waals surface area contributed by atoms with Gasteiger partial charge in [-0.1, -0.05) is 0 Å². The highest BCUT2D eigenvalue weighted by atomic mass is 32.1. The molecule has 4 rings (SSSR count). The average Bonchev–Trinajstić information content (AvgIpc) is 3.02. The van der Waals surface area contributed by atoms with E-state index in [1.54, 1.807) is 22.2 Å². The van der Waals surface area contributed by atoms with Gasteiger partial charge in [0.1, 0.15) is 4.83 Å². The number of thiophene rings is 1. The molecule has 0 aromatic carbocycles. The molecule has 2 unspecified atom stereocenters. The van der Waals surface area contributed by atoms with E-state index in [9.17, 15) is 9.59 Å². The van der Waals surface area contributed by atoms with Crippen LogP contribution >= 0.6 is 11.3 Å². The van der Waals surface area contributed by atoms with E-state index < -0.39 is 0 Å². The molecule has 0 bridgehead atoms. The third kappa shape index (κ3) is 3.07. The Hall–Kier alpha value is -1.73. The Balaban J connectivity index is 1.53. The van der Waals surface area contributed by atoms with Gasteiger partial charge < -0.3 is 10.2 Å². The monoisotopic (exact) mass is 374 g/mol. The fraction of sp³-hybridized carbons (Fsp3) is 0.632. The molecule has 0 radical (unpaired) electrons. The van der Waals surface area contributed by atoms with Gasteiger partial charge in [0.25, 0.3) is 5.56 Å². The van der Waals surface area contributed by atoms with Crippen molar-refractivity contribution in [2.24, 2.45) is 0 Å². The molecule has 0 saturated carbocycles. The smallest absolute Gasteiger partial charge is 0.262 e. The Morgan fingerprint density at radius 2 is 2.15 bits per heavy atom. The summed E-state index contributed by atoms with van der Waals surface area (Å²) in [5.41, 5.74) is 1.22. The van der Waals surface area contributed by atoms with Crippen LogP contribution in [0.3, 0.4) is 0 Å². The zero-order chi connectivity index (χ0) is 18.3. The molecule has 1 aliphatic heterocycles. The molecule has 2 aromatic heterocycles. The van der Waals surface area contributed by atoms with Gasteiger partial charge in [0.15, 0.2) is 0 Å². The number of nitrogens with one attached hydrogen (secondary N) is 1. The summed E-state index contributed by atoms with van der Waals surface area (Å²) < 4.78 is 1.62. The van der Waals surface area contributed by atoms with E-state index in [1.807, 2.05) is 4.90 Å². The fourth-order valence-electron chi connectivity index (χ4n) is 4.11. The van der Waals surface area contributed by atoms with Gasteiger partial charge in [-0.25, -0.2) is 4.98 Å². The van der Waals surface area contributed by atoms with Crippen molar-refractivity contribution in [1.82, 2.24) is 19.8 Å². The molecule has 2 aromatic rings. The lowest BCUT2D eigenvalue weighted by molar-refractivity contribution is -0.135. The number of hydrogen-bond donors (Lipinski definition) is 1. The average molecular weight is 375 g/mol. The lowest BCUT2D eigenvalue weighted by Crippen LogP contribution is -2.57. The molecule has 1 aliphatic carbocycles. The standard InChI is InChI=1S/C19H26N4O2S/c1-12-13(2)23(10-8-20-12)16(24)7-9-22-11-21-18-17(19(22)25)14-5-3-4-6-15(14)26-18/h11-13,20H,3-10H2,1-2H3. The minimum absolute atomic E-state index is 0.0175. The SMILES string of the molecule is CC1NCCN(C(=O)CCn2cnc3sc4c(c3c2=O)CCCC4)C1C. The van der Waals surface area contributed by atoms with Gasteiger partial charge in [-0.05, 0) is 45.1 Å². The number of amides is 1. The van der Waals surface area contributed by atoms with E-state index in [-0.39, 0.29) is 17.5 Å². The normalized spacial score (nSPS) is 23.2. The summed E-state index contributed by atoms with van der Waals surface area (Å²) in [7, 11) is 0. The summed E-state index contributed by atoms with van der Waals surface area (Å²) >= 11 is 1.66. The molecule has 7 heteroatoms. The topological polar surface area (TPSA) is 67.2 Å². The summed E-state index contributed by atoms with van der Waals surface area (Å²) in [6.07, 6.45) is 6.34. The van der Waals surface area contributed by atoms with E-state index in [0.29, 0.717) is 19.0 Å². The number of hydrogen-bond acceptors (Lipinski definition) is 5. The van der Waals surface area contributed by atoms with Gasteiger partial charge in [0.05, 0.1) is 11.7 Å². The highest BCUT2D eigenvalue weighted by Gasteiger charge is 2.28.